The van der Waals surface area contributed by atoms with Crippen LogP contribution < -0.4 is 4.74 Å². The summed E-state index contributed by atoms with van der Waals surface area (Å²) in [6.07, 6.45) is 5.18. The number of hydrogen-bond acceptors (Lipinski definition) is 3. The summed E-state index contributed by atoms with van der Waals surface area (Å²) in [7, 11) is 0. The quantitative estimate of drug-likeness (QED) is 0.792. The second-order valence-corrected chi connectivity index (χ2v) is 7.21. The minimum Gasteiger partial charge on any atom is -0.488 e. The Bertz CT molecular complexity index is 664. The number of halogens is 1. The molecule has 3 heterocycles. The molecule has 23 heavy (non-hydrogen) atoms. The third-order valence-corrected chi connectivity index (χ3v) is 5.33. The minimum atomic E-state index is 0.0848. The number of piperidine rings is 1. The highest BCUT2D eigenvalue weighted by molar-refractivity contribution is 6.30. The highest BCUT2D eigenvalue weighted by atomic mass is 35.5. The molecule has 1 aromatic rings. The van der Waals surface area contributed by atoms with Gasteiger partial charge in [0, 0.05) is 35.7 Å². The lowest BCUT2D eigenvalue weighted by atomic mass is 9.79. The van der Waals surface area contributed by atoms with Crippen molar-refractivity contribution in [2.75, 3.05) is 32.9 Å². The van der Waals surface area contributed by atoms with E-state index in [1.54, 1.807) is 6.07 Å². The van der Waals surface area contributed by atoms with E-state index < -0.39 is 0 Å². The van der Waals surface area contributed by atoms with E-state index in [-0.39, 0.29) is 11.3 Å². The van der Waals surface area contributed by atoms with Crippen molar-refractivity contribution in [2.24, 2.45) is 5.41 Å². The summed E-state index contributed by atoms with van der Waals surface area (Å²) < 4.78 is 11.3. The van der Waals surface area contributed by atoms with Crippen molar-refractivity contribution in [3.63, 3.8) is 0 Å². The van der Waals surface area contributed by atoms with E-state index >= 15 is 0 Å². The molecule has 3 aliphatic rings. The average molecular weight is 334 g/mol. The molecule has 4 nitrogen and oxygen atoms in total. The Morgan fingerprint density at radius 2 is 2.22 bits per heavy atom. The van der Waals surface area contributed by atoms with Crippen LogP contribution in [0.3, 0.4) is 0 Å². The second-order valence-electron chi connectivity index (χ2n) is 6.77. The monoisotopic (exact) mass is 333 g/mol. The Hall–Kier alpha value is -1.52. The lowest BCUT2D eigenvalue weighted by molar-refractivity contribution is -0.130. The molecule has 1 aromatic carbocycles. The van der Waals surface area contributed by atoms with Gasteiger partial charge in [-0.2, -0.15) is 0 Å². The lowest BCUT2D eigenvalue weighted by Crippen LogP contribution is -2.47. The van der Waals surface area contributed by atoms with Crippen LogP contribution in [0.2, 0.25) is 5.02 Å². The average Bonchev–Trinajstić information content (AvgIpc) is 3.01. The predicted molar refractivity (Wildman–Crippen MR) is 88.6 cm³/mol. The Balaban J connectivity index is 1.55. The van der Waals surface area contributed by atoms with Gasteiger partial charge in [0.25, 0.3) is 5.91 Å². The van der Waals surface area contributed by atoms with E-state index in [4.69, 9.17) is 21.1 Å². The number of rotatable bonds is 1. The van der Waals surface area contributed by atoms with Gasteiger partial charge >= 0.3 is 0 Å². The zero-order valence-electron chi connectivity index (χ0n) is 13.0. The first-order valence-electron chi connectivity index (χ1n) is 8.15. The topological polar surface area (TPSA) is 38.8 Å². The van der Waals surface area contributed by atoms with Crippen molar-refractivity contribution in [3.8, 4) is 5.75 Å². The maximum absolute atomic E-state index is 12.9. The highest BCUT2D eigenvalue weighted by Crippen LogP contribution is 2.38. The first kappa shape index (κ1) is 15.0. The van der Waals surface area contributed by atoms with E-state index in [0.29, 0.717) is 17.2 Å². The number of amides is 1. The summed E-state index contributed by atoms with van der Waals surface area (Å²) in [5.41, 5.74) is 1.75. The van der Waals surface area contributed by atoms with E-state index in [2.05, 4.69) is 0 Å². The van der Waals surface area contributed by atoms with Gasteiger partial charge in [0.15, 0.2) is 0 Å². The van der Waals surface area contributed by atoms with Crippen molar-refractivity contribution in [3.05, 3.63) is 34.4 Å². The second kappa shape index (κ2) is 5.84. The van der Waals surface area contributed by atoms with Crippen LogP contribution >= 0.6 is 11.6 Å². The third-order valence-electron chi connectivity index (χ3n) is 5.09. The molecule has 3 aliphatic heterocycles. The van der Waals surface area contributed by atoms with Gasteiger partial charge in [-0.25, -0.2) is 0 Å². The number of fused-ring (bicyclic) bond motifs is 1. The van der Waals surface area contributed by atoms with E-state index in [1.165, 1.54) is 0 Å². The summed E-state index contributed by atoms with van der Waals surface area (Å²) in [5.74, 6) is 0.867. The molecule has 4 rings (SSSR count). The van der Waals surface area contributed by atoms with Crippen molar-refractivity contribution in [1.82, 2.24) is 4.90 Å². The van der Waals surface area contributed by atoms with Crippen molar-refractivity contribution in [1.29, 1.82) is 0 Å². The number of carbonyl (C=O) groups excluding carboxylic acids is 1. The molecule has 122 valence electrons. The van der Waals surface area contributed by atoms with Crippen molar-refractivity contribution >= 4 is 23.6 Å². The smallest absolute Gasteiger partial charge is 0.253 e. The van der Waals surface area contributed by atoms with Crippen LogP contribution in [0.4, 0.5) is 0 Å². The van der Waals surface area contributed by atoms with Crippen LogP contribution in [-0.2, 0) is 9.53 Å². The molecule has 2 fully saturated rings. The summed E-state index contributed by atoms with van der Waals surface area (Å²) in [4.78, 5) is 14.9. The van der Waals surface area contributed by atoms with Crippen LogP contribution in [0.15, 0.2) is 23.8 Å². The van der Waals surface area contributed by atoms with Gasteiger partial charge in [-0.3, -0.25) is 4.79 Å². The van der Waals surface area contributed by atoms with Gasteiger partial charge < -0.3 is 14.4 Å². The molecule has 1 spiro atoms. The van der Waals surface area contributed by atoms with E-state index in [1.807, 2.05) is 23.1 Å². The summed E-state index contributed by atoms with van der Waals surface area (Å²) in [6.45, 7) is 3.55. The summed E-state index contributed by atoms with van der Waals surface area (Å²) in [6, 6.07) is 5.49. The number of nitrogens with zero attached hydrogens (tertiary/aromatic N) is 1. The number of likely N-dealkylation sites (tertiary alicyclic amines) is 1. The Kier molecular flexibility index (Phi) is 3.82. The normalized spacial score (nSPS) is 26.7. The molecule has 0 unspecified atom stereocenters. The van der Waals surface area contributed by atoms with Gasteiger partial charge in [0.05, 0.1) is 12.2 Å². The Morgan fingerprint density at radius 1 is 1.30 bits per heavy atom. The molecule has 0 radical (unpaired) electrons. The van der Waals surface area contributed by atoms with Crippen LogP contribution in [0, 0.1) is 5.41 Å². The van der Waals surface area contributed by atoms with Crippen molar-refractivity contribution in [2.45, 2.75) is 19.3 Å². The molecular formula is C18H20ClNO3. The number of ether oxygens (including phenoxy) is 2. The zero-order chi connectivity index (χ0) is 15.9. The molecule has 0 bridgehead atoms. The third kappa shape index (κ3) is 2.86. The molecule has 2 saturated heterocycles. The van der Waals surface area contributed by atoms with Gasteiger partial charge in [-0.1, -0.05) is 11.6 Å². The minimum absolute atomic E-state index is 0.0848. The molecule has 1 amide bonds. The molecular weight excluding hydrogens is 314 g/mol. The highest BCUT2D eigenvalue weighted by Gasteiger charge is 2.40. The largest absolute Gasteiger partial charge is 0.488 e. The van der Waals surface area contributed by atoms with E-state index in [9.17, 15) is 4.79 Å². The van der Waals surface area contributed by atoms with Gasteiger partial charge in [-0.05, 0) is 43.5 Å². The number of benzene rings is 1. The van der Waals surface area contributed by atoms with Gasteiger partial charge in [0.1, 0.15) is 12.4 Å². The standard InChI is InChI=1S/C18H20ClNO3/c19-15-2-3-16-13(9-15)8-14(10-23-16)17(21)20-6-1-4-18(11-20)5-7-22-12-18/h2-3,8-9H,1,4-7,10-12H2/t18-/m0/s1. The van der Waals surface area contributed by atoms with Crippen LogP contribution in [0.5, 0.6) is 5.75 Å². The van der Waals surface area contributed by atoms with Gasteiger partial charge in [0.2, 0.25) is 0 Å². The SMILES string of the molecule is O=C(C1=Cc2cc(Cl)ccc2OC1)N1CCC[C@]2(CCOC2)C1. The fourth-order valence-electron chi connectivity index (χ4n) is 3.83. The fraction of sp³-hybridized carbons (Fsp3) is 0.500. The van der Waals surface area contributed by atoms with E-state index in [0.717, 1.165) is 56.9 Å². The van der Waals surface area contributed by atoms with Gasteiger partial charge in [-0.15, -0.1) is 0 Å². The molecule has 1 atom stereocenters. The maximum Gasteiger partial charge on any atom is 0.253 e. The lowest BCUT2D eigenvalue weighted by Gasteiger charge is -2.40. The molecule has 0 aliphatic carbocycles. The Labute approximate surface area is 141 Å². The Morgan fingerprint density at radius 3 is 3.04 bits per heavy atom. The van der Waals surface area contributed by atoms with Crippen molar-refractivity contribution < 1.29 is 14.3 Å². The zero-order valence-corrected chi connectivity index (χ0v) is 13.8. The van der Waals surface area contributed by atoms with Crippen LogP contribution in [0.25, 0.3) is 6.08 Å². The number of hydrogen-bond donors (Lipinski definition) is 0. The first-order chi connectivity index (χ1) is 11.2. The molecule has 0 N–H and O–H groups in total. The number of carbonyl (C=O) groups is 1. The first-order valence-corrected chi connectivity index (χ1v) is 8.53. The van der Waals surface area contributed by atoms with Crippen LogP contribution in [-0.4, -0.2) is 43.7 Å². The van der Waals surface area contributed by atoms with Crippen LogP contribution in [0.1, 0.15) is 24.8 Å². The molecule has 5 heteroatoms. The molecule has 0 saturated carbocycles. The fourth-order valence-corrected chi connectivity index (χ4v) is 4.01. The summed E-state index contributed by atoms with van der Waals surface area (Å²) in [5, 5.41) is 0.650. The summed E-state index contributed by atoms with van der Waals surface area (Å²) >= 11 is 6.04. The predicted octanol–water partition coefficient (Wildman–Crippen LogP) is 3.14. The maximum atomic E-state index is 12.9. The molecule has 0 aromatic heterocycles.